The SMILES string of the molecule is PCC1C2CC3CC(C2)CC1(c1cc(-c2ccccc2)c(-c2ccccc2)cc1C(P)(c1ncccn1)c1ncccn1)C3. The first-order chi connectivity index (χ1) is 21.6. The van der Waals surface area contributed by atoms with E-state index in [0.717, 1.165) is 23.9 Å². The van der Waals surface area contributed by atoms with Crippen molar-refractivity contribution in [2.45, 2.75) is 42.7 Å². The van der Waals surface area contributed by atoms with Crippen molar-refractivity contribution in [1.29, 1.82) is 0 Å². The van der Waals surface area contributed by atoms with Crippen LogP contribution in [-0.2, 0) is 10.6 Å². The number of hydrogen-bond donors (Lipinski definition) is 0. The zero-order valence-electron chi connectivity index (χ0n) is 24.9. The molecule has 0 N–H and O–H groups in total. The molecular weight excluding hydrogens is 574 g/mol. The van der Waals surface area contributed by atoms with Gasteiger partial charge in [-0.15, -0.1) is 18.5 Å². The van der Waals surface area contributed by atoms with Gasteiger partial charge in [-0.2, -0.15) is 0 Å². The molecule has 4 aliphatic carbocycles. The maximum absolute atomic E-state index is 4.90. The normalized spacial score (nSPS) is 25.7. The summed E-state index contributed by atoms with van der Waals surface area (Å²) in [6, 6.07) is 30.5. The minimum atomic E-state index is -0.828. The first kappa shape index (κ1) is 28.2. The van der Waals surface area contributed by atoms with Crippen molar-refractivity contribution >= 4 is 18.5 Å². The van der Waals surface area contributed by atoms with Crippen LogP contribution in [0.15, 0.2) is 110 Å². The third kappa shape index (κ3) is 4.48. The predicted molar refractivity (Wildman–Crippen MR) is 184 cm³/mol. The maximum atomic E-state index is 4.90. The van der Waals surface area contributed by atoms with E-state index in [4.69, 9.17) is 19.9 Å². The van der Waals surface area contributed by atoms with Gasteiger partial charge in [0.05, 0.1) is 0 Å². The molecule has 220 valence electrons. The Labute approximate surface area is 265 Å². The van der Waals surface area contributed by atoms with E-state index < -0.39 is 5.16 Å². The van der Waals surface area contributed by atoms with Gasteiger partial charge in [0.2, 0.25) is 0 Å². The lowest BCUT2D eigenvalue weighted by atomic mass is 9.43. The molecule has 4 saturated carbocycles. The largest absolute Gasteiger partial charge is 0.240 e. The zero-order valence-corrected chi connectivity index (χ0v) is 27.2. The number of rotatable bonds is 7. The van der Waals surface area contributed by atoms with Crippen molar-refractivity contribution in [2.75, 3.05) is 6.16 Å². The van der Waals surface area contributed by atoms with Crippen LogP contribution in [0.3, 0.4) is 0 Å². The molecule has 4 nitrogen and oxygen atoms in total. The molecule has 4 aliphatic rings. The molecule has 2 aromatic heterocycles. The van der Waals surface area contributed by atoms with Gasteiger partial charge in [0, 0.05) is 24.8 Å². The van der Waals surface area contributed by atoms with Gasteiger partial charge in [-0.25, -0.2) is 19.9 Å². The maximum Gasteiger partial charge on any atom is 0.150 e. The number of aromatic nitrogens is 4. The molecule has 3 aromatic carbocycles. The Kier molecular flexibility index (Phi) is 7.20. The van der Waals surface area contributed by atoms with Crippen molar-refractivity contribution in [3.05, 3.63) is 132 Å². The summed E-state index contributed by atoms with van der Waals surface area (Å²) in [5.74, 6) is 4.39. The summed E-state index contributed by atoms with van der Waals surface area (Å²) in [5, 5.41) is -0.828. The van der Waals surface area contributed by atoms with E-state index in [1.54, 1.807) is 0 Å². The Bertz CT molecular complexity index is 1710. The topological polar surface area (TPSA) is 51.6 Å². The molecule has 2 heterocycles. The fourth-order valence-electron chi connectivity index (χ4n) is 9.38. The third-order valence-electron chi connectivity index (χ3n) is 10.9. The Hall–Kier alpha value is -3.32. The van der Waals surface area contributed by atoms with Gasteiger partial charge in [-0.05, 0) is 125 Å². The summed E-state index contributed by atoms with van der Waals surface area (Å²) >= 11 is 0. The Morgan fingerprint density at radius 1 is 0.659 bits per heavy atom. The third-order valence-corrected chi connectivity index (χ3v) is 12.2. The molecule has 5 aromatic rings. The summed E-state index contributed by atoms with van der Waals surface area (Å²) in [6.45, 7) is 0. The van der Waals surface area contributed by atoms with Gasteiger partial charge < -0.3 is 0 Å². The lowest BCUT2D eigenvalue weighted by Gasteiger charge is -2.62. The summed E-state index contributed by atoms with van der Waals surface area (Å²) in [6.07, 6.45) is 15.2. The van der Waals surface area contributed by atoms with Crippen LogP contribution < -0.4 is 0 Å². The molecule has 4 bridgehead atoms. The Morgan fingerprint density at radius 3 is 1.66 bits per heavy atom. The van der Waals surface area contributed by atoms with Crippen LogP contribution in [0.4, 0.5) is 0 Å². The fourth-order valence-corrected chi connectivity index (χ4v) is 10.8. The zero-order chi connectivity index (χ0) is 29.7. The van der Waals surface area contributed by atoms with E-state index in [1.807, 2.05) is 36.9 Å². The minimum absolute atomic E-state index is 0.0793. The van der Waals surface area contributed by atoms with Gasteiger partial charge in [0.15, 0.2) is 0 Å². The number of nitrogens with zero attached hydrogens (tertiary/aromatic N) is 4. The van der Waals surface area contributed by atoms with Crippen LogP contribution in [0.5, 0.6) is 0 Å². The molecule has 0 aliphatic heterocycles. The average molecular weight is 613 g/mol. The molecule has 44 heavy (non-hydrogen) atoms. The highest BCUT2D eigenvalue weighted by atomic mass is 31.0. The smallest absolute Gasteiger partial charge is 0.150 e. The molecule has 4 fully saturated rings. The van der Waals surface area contributed by atoms with Crippen molar-refractivity contribution < 1.29 is 0 Å². The van der Waals surface area contributed by atoms with Gasteiger partial charge >= 0.3 is 0 Å². The highest BCUT2D eigenvalue weighted by Crippen LogP contribution is 2.66. The first-order valence-corrected chi connectivity index (χ1v) is 17.3. The molecule has 0 amide bonds. The summed E-state index contributed by atoms with van der Waals surface area (Å²) in [7, 11) is 6.32. The van der Waals surface area contributed by atoms with Crippen LogP contribution >= 0.6 is 18.5 Å². The van der Waals surface area contributed by atoms with Crippen molar-refractivity contribution in [1.82, 2.24) is 19.9 Å². The standard InChI is InChI=1S/C38H38N4P2/c43-24-34-29-18-25-17-26(19-29)23-37(34,22-25)32-20-30(27-9-3-1-4-10-27)31(28-11-5-2-6-12-28)21-33(32)38(44,35-39-13-7-14-40-35)36-41-15-8-16-42-36/h1-16,20-21,25-26,29,34H,17-19,22-24,43-44H2. The summed E-state index contributed by atoms with van der Waals surface area (Å²) < 4.78 is 0. The number of benzene rings is 3. The quantitative estimate of drug-likeness (QED) is 0.174. The van der Waals surface area contributed by atoms with Crippen molar-refractivity contribution in [3.8, 4) is 22.3 Å². The van der Waals surface area contributed by atoms with E-state index in [-0.39, 0.29) is 5.41 Å². The average Bonchev–Trinajstić information content (AvgIpc) is 3.08. The summed E-state index contributed by atoms with van der Waals surface area (Å²) in [4.78, 5) is 19.6. The van der Waals surface area contributed by atoms with Crippen LogP contribution in [0.25, 0.3) is 22.3 Å². The van der Waals surface area contributed by atoms with E-state index >= 15 is 0 Å². The minimum Gasteiger partial charge on any atom is -0.240 e. The van der Waals surface area contributed by atoms with Crippen molar-refractivity contribution in [3.63, 3.8) is 0 Å². The Morgan fingerprint density at radius 2 is 1.16 bits per heavy atom. The number of hydrogen-bond acceptors (Lipinski definition) is 4. The van der Waals surface area contributed by atoms with Crippen LogP contribution in [0.2, 0.25) is 0 Å². The predicted octanol–water partition coefficient (Wildman–Crippen LogP) is 8.34. The second kappa shape index (κ2) is 11.2. The monoisotopic (exact) mass is 612 g/mol. The van der Waals surface area contributed by atoms with Gasteiger partial charge in [-0.1, -0.05) is 60.7 Å². The fraction of sp³-hybridized carbons (Fsp3) is 0.316. The van der Waals surface area contributed by atoms with Gasteiger partial charge in [0.25, 0.3) is 0 Å². The van der Waals surface area contributed by atoms with Crippen LogP contribution in [0, 0.1) is 23.7 Å². The molecule has 0 spiro atoms. The second-order valence-electron chi connectivity index (χ2n) is 13.2. The van der Waals surface area contributed by atoms with Crippen LogP contribution in [-0.4, -0.2) is 26.1 Å². The van der Waals surface area contributed by atoms with E-state index in [1.165, 1.54) is 65.5 Å². The summed E-state index contributed by atoms with van der Waals surface area (Å²) in [5.41, 5.74) is 7.66. The Balaban J connectivity index is 1.50. The van der Waals surface area contributed by atoms with Crippen molar-refractivity contribution in [2.24, 2.45) is 23.7 Å². The van der Waals surface area contributed by atoms with E-state index in [0.29, 0.717) is 17.6 Å². The molecule has 6 heteroatoms. The lowest BCUT2D eigenvalue weighted by Crippen LogP contribution is -2.56. The lowest BCUT2D eigenvalue weighted by molar-refractivity contribution is -0.0522. The van der Waals surface area contributed by atoms with Gasteiger partial charge in [-0.3, -0.25) is 0 Å². The molecule has 0 saturated heterocycles. The van der Waals surface area contributed by atoms with Crippen LogP contribution in [0.1, 0.15) is 54.9 Å². The highest BCUT2D eigenvalue weighted by Gasteiger charge is 2.58. The molecule has 9 rings (SSSR count). The van der Waals surface area contributed by atoms with Gasteiger partial charge in [0.1, 0.15) is 16.8 Å². The molecule has 0 radical (unpaired) electrons. The first-order valence-electron chi connectivity index (χ1n) is 15.9. The second-order valence-corrected chi connectivity index (χ2v) is 14.6. The highest BCUT2D eigenvalue weighted by molar-refractivity contribution is 7.19. The molecule has 5 unspecified atom stereocenters. The van der Waals surface area contributed by atoms with E-state index in [9.17, 15) is 0 Å². The molecular formula is C38H38N4P2. The van der Waals surface area contributed by atoms with E-state index in [2.05, 4.69) is 91.3 Å². The molecule has 5 atom stereocenters.